The van der Waals surface area contributed by atoms with Crippen molar-refractivity contribution in [1.82, 2.24) is 4.90 Å². The molecule has 2 N–H and O–H groups in total. The van der Waals surface area contributed by atoms with E-state index in [4.69, 9.17) is 4.99 Å². The van der Waals surface area contributed by atoms with Crippen LogP contribution in [0.15, 0.2) is 35.3 Å². The first-order valence-electron chi connectivity index (χ1n) is 8.62. The van der Waals surface area contributed by atoms with Gasteiger partial charge in [0.2, 0.25) is 0 Å². The lowest BCUT2D eigenvalue weighted by molar-refractivity contribution is 0.136. The fourth-order valence-corrected chi connectivity index (χ4v) is 3.41. The number of aliphatic hydroxyl groups excluding tert-OH is 1. The first-order chi connectivity index (χ1) is 10.8. The van der Waals surface area contributed by atoms with E-state index in [-0.39, 0.29) is 6.10 Å². The molecule has 0 radical (unpaired) electrons. The lowest BCUT2D eigenvalue weighted by atomic mass is 10.1. The second-order valence-corrected chi connectivity index (χ2v) is 6.46. The molecule has 1 saturated heterocycles. The maximum Gasteiger partial charge on any atom is 0.198 e. The number of aliphatic imine (C=N–C) groups is 1. The molecule has 0 spiro atoms. The molecule has 0 amide bonds. The number of benzene rings is 1. The summed E-state index contributed by atoms with van der Waals surface area (Å²) in [5.41, 5.74) is 1.08. The molecule has 22 heavy (non-hydrogen) atoms. The molecule has 4 heteroatoms. The normalized spacial score (nSPS) is 26.2. The zero-order valence-electron chi connectivity index (χ0n) is 13.2. The Labute approximate surface area is 133 Å². The van der Waals surface area contributed by atoms with E-state index in [1.165, 1.54) is 19.3 Å². The van der Waals surface area contributed by atoms with Crippen LogP contribution in [0.1, 0.15) is 38.5 Å². The van der Waals surface area contributed by atoms with Gasteiger partial charge in [-0.25, -0.2) is 0 Å². The number of hydrogen-bond donors (Lipinski definition) is 2. The SMILES string of the molecule is OC1CCCC1CN=C(Nc1ccccc1)N1CCCCC1. The number of likely N-dealkylation sites (tertiary alicyclic amines) is 1. The number of guanidine groups is 1. The predicted molar refractivity (Wildman–Crippen MR) is 91.1 cm³/mol. The Bertz CT molecular complexity index is 482. The van der Waals surface area contributed by atoms with Crippen molar-refractivity contribution in [3.05, 3.63) is 30.3 Å². The number of rotatable bonds is 3. The van der Waals surface area contributed by atoms with Gasteiger partial charge in [0.25, 0.3) is 0 Å². The van der Waals surface area contributed by atoms with Crippen LogP contribution < -0.4 is 5.32 Å². The van der Waals surface area contributed by atoms with Crippen LogP contribution in [0.4, 0.5) is 5.69 Å². The summed E-state index contributed by atoms with van der Waals surface area (Å²) < 4.78 is 0. The zero-order chi connectivity index (χ0) is 15.2. The Kier molecular flexibility index (Phi) is 5.33. The van der Waals surface area contributed by atoms with Crippen molar-refractivity contribution in [2.75, 3.05) is 25.0 Å². The first kappa shape index (κ1) is 15.3. The van der Waals surface area contributed by atoms with Crippen molar-refractivity contribution in [3.8, 4) is 0 Å². The van der Waals surface area contributed by atoms with Crippen LogP contribution in [0.5, 0.6) is 0 Å². The number of piperidine rings is 1. The van der Waals surface area contributed by atoms with Gasteiger partial charge in [-0.05, 0) is 44.2 Å². The number of anilines is 1. The minimum atomic E-state index is -0.164. The van der Waals surface area contributed by atoms with Crippen molar-refractivity contribution in [3.63, 3.8) is 0 Å². The molecule has 1 saturated carbocycles. The third-order valence-electron chi connectivity index (χ3n) is 4.78. The number of para-hydroxylation sites is 1. The molecular formula is C18H27N3O. The summed E-state index contributed by atoms with van der Waals surface area (Å²) in [4.78, 5) is 7.21. The number of aliphatic hydroxyl groups is 1. The summed E-state index contributed by atoms with van der Waals surface area (Å²) in [6.07, 6.45) is 6.80. The molecule has 3 rings (SSSR count). The second-order valence-electron chi connectivity index (χ2n) is 6.46. The summed E-state index contributed by atoms with van der Waals surface area (Å²) in [6, 6.07) is 10.2. The minimum absolute atomic E-state index is 0.164. The van der Waals surface area contributed by atoms with Gasteiger partial charge in [-0.3, -0.25) is 4.99 Å². The predicted octanol–water partition coefficient (Wildman–Crippen LogP) is 3.10. The molecule has 2 atom stereocenters. The molecule has 120 valence electrons. The summed E-state index contributed by atoms with van der Waals surface area (Å²) in [6.45, 7) is 2.88. The third-order valence-corrected chi connectivity index (χ3v) is 4.78. The van der Waals surface area contributed by atoms with Gasteiger partial charge in [-0.2, -0.15) is 0 Å². The largest absolute Gasteiger partial charge is 0.393 e. The van der Waals surface area contributed by atoms with Crippen molar-refractivity contribution >= 4 is 11.6 Å². The van der Waals surface area contributed by atoms with Gasteiger partial charge in [0.1, 0.15) is 0 Å². The third kappa shape index (κ3) is 4.01. The summed E-state index contributed by atoms with van der Waals surface area (Å²) in [5.74, 6) is 1.31. The van der Waals surface area contributed by atoms with Crippen LogP contribution >= 0.6 is 0 Å². The van der Waals surface area contributed by atoms with E-state index in [1.54, 1.807) is 0 Å². The highest BCUT2D eigenvalue weighted by molar-refractivity contribution is 5.93. The Morgan fingerprint density at radius 3 is 2.55 bits per heavy atom. The van der Waals surface area contributed by atoms with Crippen LogP contribution in [0.2, 0.25) is 0 Å². The Balaban J connectivity index is 1.69. The van der Waals surface area contributed by atoms with E-state index < -0.39 is 0 Å². The van der Waals surface area contributed by atoms with E-state index in [1.807, 2.05) is 18.2 Å². The van der Waals surface area contributed by atoms with E-state index in [0.717, 1.165) is 50.5 Å². The van der Waals surface area contributed by atoms with Crippen LogP contribution in [0.25, 0.3) is 0 Å². The van der Waals surface area contributed by atoms with Crippen molar-refractivity contribution in [2.45, 2.75) is 44.6 Å². The highest BCUT2D eigenvalue weighted by Crippen LogP contribution is 2.26. The maximum absolute atomic E-state index is 10.00. The minimum Gasteiger partial charge on any atom is -0.393 e. The van der Waals surface area contributed by atoms with E-state index in [2.05, 4.69) is 22.3 Å². The molecule has 1 heterocycles. The summed E-state index contributed by atoms with van der Waals surface area (Å²) in [5, 5.41) is 13.5. The maximum atomic E-state index is 10.00. The van der Waals surface area contributed by atoms with E-state index in [0.29, 0.717) is 5.92 Å². The summed E-state index contributed by atoms with van der Waals surface area (Å²) >= 11 is 0. The molecule has 1 aromatic rings. The zero-order valence-corrected chi connectivity index (χ0v) is 13.2. The molecule has 0 bridgehead atoms. The van der Waals surface area contributed by atoms with Gasteiger partial charge in [-0.15, -0.1) is 0 Å². The topological polar surface area (TPSA) is 47.9 Å². The molecule has 1 aromatic carbocycles. The Morgan fingerprint density at radius 2 is 1.86 bits per heavy atom. The van der Waals surface area contributed by atoms with E-state index in [9.17, 15) is 5.11 Å². The lowest BCUT2D eigenvalue weighted by Crippen LogP contribution is -2.40. The first-order valence-corrected chi connectivity index (χ1v) is 8.62. The highest BCUT2D eigenvalue weighted by Gasteiger charge is 2.25. The molecule has 0 aromatic heterocycles. The highest BCUT2D eigenvalue weighted by atomic mass is 16.3. The molecular weight excluding hydrogens is 274 g/mol. The Hall–Kier alpha value is -1.55. The average Bonchev–Trinajstić information content (AvgIpc) is 2.98. The quantitative estimate of drug-likeness (QED) is 0.666. The van der Waals surface area contributed by atoms with Crippen molar-refractivity contribution in [1.29, 1.82) is 0 Å². The second kappa shape index (κ2) is 7.63. The molecule has 2 unspecified atom stereocenters. The molecule has 1 aliphatic carbocycles. The van der Waals surface area contributed by atoms with Crippen molar-refractivity contribution < 1.29 is 5.11 Å². The number of hydrogen-bond acceptors (Lipinski definition) is 2. The fraction of sp³-hybridized carbons (Fsp3) is 0.611. The van der Waals surface area contributed by atoms with Gasteiger partial charge >= 0.3 is 0 Å². The van der Waals surface area contributed by atoms with Crippen LogP contribution in [-0.2, 0) is 0 Å². The average molecular weight is 301 g/mol. The molecule has 4 nitrogen and oxygen atoms in total. The molecule has 1 aliphatic heterocycles. The number of nitrogens with one attached hydrogen (secondary N) is 1. The van der Waals surface area contributed by atoms with Gasteiger partial charge in [0.05, 0.1) is 6.10 Å². The van der Waals surface area contributed by atoms with E-state index >= 15 is 0 Å². The van der Waals surface area contributed by atoms with Gasteiger partial charge in [-0.1, -0.05) is 24.6 Å². The molecule has 2 fully saturated rings. The fourth-order valence-electron chi connectivity index (χ4n) is 3.41. The van der Waals surface area contributed by atoms with Gasteiger partial charge in [0, 0.05) is 31.2 Å². The van der Waals surface area contributed by atoms with Crippen LogP contribution in [0, 0.1) is 5.92 Å². The lowest BCUT2D eigenvalue weighted by Gasteiger charge is -2.30. The van der Waals surface area contributed by atoms with Gasteiger partial charge in [0.15, 0.2) is 5.96 Å². The standard InChI is InChI=1S/C18H27N3O/c22-17-11-7-8-15(17)14-19-18(21-12-5-2-6-13-21)20-16-9-3-1-4-10-16/h1,3-4,9-10,15,17,22H,2,5-8,11-14H2,(H,19,20). The Morgan fingerprint density at radius 1 is 1.09 bits per heavy atom. The van der Waals surface area contributed by atoms with Gasteiger partial charge < -0.3 is 15.3 Å². The van der Waals surface area contributed by atoms with Crippen LogP contribution in [-0.4, -0.2) is 41.7 Å². The monoisotopic (exact) mass is 301 g/mol. The van der Waals surface area contributed by atoms with Crippen molar-refractivity contribution in [2.24, 2.45) is 10.9 Å². The molecule has 2 aliphatic rings. The van der Waals surface area contributed by atoms with Crippen LogP contribution in [0.3, 0.4) is 0 Å². The summed E-state index contributed by atoms with van der Waals surface area (Å²) in [7, 11) is 0. The smallest absolute Gasteiger partial charge is 0.198 e. The number of nitrogens with zero attached hydrogens (tertiary/aromatic N) is 2.